The van der Waals surface area contributed by atoms with Crippen molar-refractivity contribution >= 4 is 18.1 Å². The topological polar surface area (TPSA) is 48.0 Å². The van der Waals surface area contributed by atoms with Crippen LogP contribution in [0.2, 0.25) is 0 Å². The maximum absolute atomic E-state index is 10.4. The first-order valence-electron chi connectivity index (χ1n) is 3.13. The molecule has 1 aromatic heterocycles. The summed E-state index contributed by atoms with van der Waals surface area (Å²) in [7, 11) is 0. The van der Waals surface area contributed by atoms with Crippen LogP contribution in [0.3, 0.4) is 0 Å². The van der Waals surface area contributed by atoms with Crippen molar-refractivity contribution in [1.29, 1.82) is 0 Å². The van der Waals surface area contributed by atoms with Gasteiger partial charge in [-0.3, -0.25) is 4.79 Å². The molecule has 1 rings (SSSR count). The highest BCUT2D eigenvalue weighted by molar-refractivity contribution is 7.71. The number of carbonyl (C=O) groups is 1. The van der Waals surface area contributed by atoms with E-state index in [1.807, 2.05) is 0 Å². The first kappa shape index (κ1) is 7.94. The van der Waals surface area contributed by atoms with E-state index in [1.165, 1.54) is 0 Å². The van der Waals surface area contributed by atoms with Crippen LogP contribution in [-0.4, -0.2) is 10.5 Å². The second-order valence-corrected chi connectivity index (χ2v) is 2.64. The predicted molar refractivity (Wildman–Crippen MR) is 44.5 cm³/mol. The lowest BCUT2D eigenvalue weighted by atomic mass is 10.4. The first-order chi connectivity index (χ1) is 5.18. The Kier molecular flexibility index (Phi) is 2.38. The Bertz CT molecular complexity index is 298. The molecule has 0 radical (unpaired) electrons. The molecule has 0 saturated heterocycles. The first-order valence-corrected chi connectivity index (χ1v) is 3.54. The molecule has 11 heavy (non-hydrogen) atoms. The lowest BCUT2D eigenvalue weighted by molar-refractivity contribution is -0.118. The van der Waals surface area contributed by atoms with Crippen molar-refractivity contribution in [3.63, 3.8) is 0 Å². The molecule has 1 aromatic rings. The summed E-state index contributed by atoms with van der Waals surface area (Å²) in [6.45, 7) is 0.204. The van der Waals surface area contributed by atoms with Crippen LogP contribution in [0.4, 0.5) is 0 Å². The second-order valence-electron chi connectivity index (χ2n) is 2.17. The summed E-state index contributed by atoms with van der Waals surface area (Å²) >= 11 is 4.86. The Hall–Kier alpha value is -1.16. The van der Waals surface area contributed by atoms with Gasteiger partial charge in [0.2, 0.25) is 5.91 Å². The van der Waals surface area contributed by atoms with E-state index in [0.717, 1.165) is 4.51 Å². The minimum absolute atomic E-state index is 0.204. The fourth-order valence-electron chi connectivity index (χ4n) is 0.729. The Morgan fingerprint density at radius 3 is 2.55 bits per heavy atom. The van der Waals surface area contributed by atoms with Crippen molar-refractivity contribution in [3.8, 4) is 0 Å². The Labute approximate surface area is 69.5 Å². The maximum Gasteiger partial charge on any atom is 0.237 e. The highest BCUT2D eigenvalue weighted by atomic mass is 32.1. The molecule has 0 fully saturated rings. The monoisotopic (exact) mass is 168 g/mol. The minimum Gasteiger partial charge on any atom is -0.368 e. The van der Waals surface area contributed by atoms with Gasteiger partial charge in [-0.05, 0) is 12.1 Å². The number of carbonyl (C=O) groups excluding carboxylic acids is 1. The van der Waals surface area contributed by atoms with Gasteiger partial charge in [-0.15, -0.1) is 0 Å². The molecule has 2 N–H and O–H groups in total. The van der Waals surface area contributed by atoms with Gasteiger partial charge in [0.1, 0.15) is 6.54 Å². The molecule has 0 atom stereocenters. The molecule has 0 spiro atoms. The Balaban J connectivity index is 2.82. The highest BCUT2D eigenvalue weighted by Gasteiger charge is 1.91. The molecule has 0 aliphatic heterocycles. The van der Waals surface area contributed by atoms with Gasteiger partial charge in [-0.2, -0.15) is 0 Å². The Morgan fingerprint density at radius 1 is 1.55 bits per heavy atom. The van der Waals surface area contributed by atoms with Crippen LogP contribution in [0.15, 0.2) is 24.5 Å². The number of pyridine rings is 1. The van der Waals surface area contributed by atoms with E-state index >= 15 is 0 Å². The third-order valence-corrected chi connectivity index (χ3v) is 1.47. The minimum atomic E-state index is -0.355. The van der Waals surface area contributed by atoms with E-state index in [2.05, 4.69) is 0 Å². The van der Waals surface area contributed by atoms with Gasteiger partial charge in [-0.1, -0.05) is 12.2 Å². The molecular formula is C7H8N2OS. The molecule has 0 bridgehead atoms. The van der Waals surface area contributed by atoms with Gasteiger partial charge in [0, 0.05) is 16.9 Å². The van der Waals surface area contributed by atoms with Gasteiger partial charge in [0.25, 0.3) is 0 Å². The molecular weight excluding hydrogens is 160 g/mol. The molecule has 1 heterocycles. The summed E-state index contributed by atoms with van der Waals surface area (Å²) in [6.07, 6.45) is 3.46. The van der Waals surface area contributed by atoms with Crippen LogP contribution < -0.4 is 5.73 Å². The van der Waals surface area contributed by atoms with Crippen LogP contribution in [-0.2, 0) is 11.3 Å². The fraction of sp³-hybridized carbons (Fsp3) is 0.143. The summed E-state index contributed by atoms with van der Waals surface area (Å²) in [5, 5.41) is 0. The van der Waals surface area contributed by atoms with Crippen LogP contribution >= 0.6 is 12.2 Å². The van der Waals surface area contributed by atoms with E-state index in [9.17, 15) is 4.79 Å². The zero-order valence-corrected chi connectivity index (χ0v) is 6.67. The van der Waals surface area contributed by atoms with Crippen LogP contribution in [0, 0.1) is 4.51 Å². The Morgan fingerprint density at radius 2 is 2.09 bits per heavy atom. The molecule has 0 unspecified atom stereocenters. The van der Waals surface area contributed by atoms with Crippen LogP contribution in [0.5, 0.6) is 0 Å². The number of nitrogens with two attached hydrogens (primary N) is 1. The fourth-order valence-corrected chi connectivity index (χ4v) is 0.851. The van der Waals surface area contributed by atoms with E-state index < -0.39 is 0 Å². The molecule has 3 nitrogen and oxygen atoms in total. The third-order valence-electron chi connectivity index (χ3n) is 1.20. The van der Waals surface area contributed by atoms with Gasteiger partial charge < -0.3 is 10.3 Å². The standard InChI is InChI=1S/C7H8N2OS/c8-7(10)5-9-3-1-6(11)2-4-9/h1-4H,5H2,(H2,8,10). The van der Waals surface area contributed by atoms with Crippen LogP contribution in [0.1, 0.15) is 0 Å². The van der Waals surface area contributed by atoms with Gasteiger partial charge in [0.05, 0.1) is 0 Å². The van der Waals surface area contributed by atoms with E-state index in [0.29, 0.717) is 0 Å². The van der Waals surface area contributed by atoms with Crippen molar-refractivity contribution in [2.45, 2.75) is 6.54 Å². The quantitative estimate of drug-likeness (QED) is 0.661. The smallest absolute Gasteiger partial charge is 0.237 e. The molecule has 0 saturated carbocycles. The average molecular weight is 168 g/mol. The maximum atomic E-state index is 10.4. The lowest BCUT2D eigenvalue weighted by Crippen LogP contribution is -2.18. The van der Waals surface area contributed by atoms with E-state index in [1.54, 1.807) is 29.1 Å². The highest BCUT2D eigenvalue weighted by Crippen LogP contribution is 1.91. The zero-order chi connectivity index (χ0) is 8.27. The van der Waals surface area contributed by atoms with E-state index in [4.69, 9.17) is 18.0 Å². The molecule has 0 aromatic carbocycles. The van der Waals surface area contributed by atoms with Crippen molar-refractivity contribution in [2.24, 2.45) is 5.73 Å². The lowest BCUT2D eigenvalue weighted by Gasteiger charge is -2.00. The summed E-state index contributed by atoms with van der Waals surface area (Å²) in [5.74, 6) is -0.355. The number of rotatable bonds is 2. The summed E-state index contributed by atoms with van der Waals surface area (Å²) in [4.78, 5) is 10.4. The van der Waals surface area contributed by atoms with Crippen molar-refractivity contribution in [3.05, 3.63) is 29.0 Å². The summed E-state index contributed by atoms with van der Waals surface area (Å²) in [6, 6.07) is 3.50. The third kappa shape index (κ3) is 2.51. The predicted octanol–water partition coefficient (Wildman–Crippen LogP) is 0.703. The van der Waals surface area contributed by atoms with Crippen molar-refractivity contribution in [1.82, 2.24) is 4.57 Å². The number of amides is 1. The number of primary amides is 1. The molecule has 0 aliphatic carbocycles. The van der Waals surface area contributed by atoms with E-state index in [-0.39, 0.29) is 12.5 Å². The van der Waals surface area contributed by atoms with Gasteiger partial charge in [-0.25, -0.2) is 0 Å². The summed E-state index contributed by atoms with van der Waals surface area (Å²) in [5.41, 5.74) is 4.98. The van der Waals surface area contributed by atoms with Crippen molar-refractivity contribution in [2.75, 3.05) is 0 Å². The average Bonchev–Trinajstić information content (AvgIpc) is 1.93. The molecule has 1 amide bonds. The second kappa shape index (κ2) is 3.30. The molecule has 58 valence electrons. The molecule has 4 heteroatoms. The number of hydrogen-bond acceptors (Lipinski definition) is 2. The number of hydrogen-bond donors (Lipinski definition) is 1. The SMILES string of the molecule is NC(=O)Cn1ccc(=S)cc1. The van der Waals surface area contributed by atoms with Gasteiger partial charge >= 0.3 is 0 Å². The largest absolute Gasteiger partial charge is 0.368 e. The normalized spacial score (nSPS) is 9.45. The summed E-state index contributed by atoms with van der Waals surface area (Å²) < 4.78 is 2.43. The number of aromatic nitrogens is 1. The zero-order valence-electron chi connectivity index (χ0n) is 5.86. The number of nitrogens with zero attached hydrogens (tertiary/aromatic N) is 1. The van der Waals surface area contributed by atoms with Gasteiger partial charge in [0.15, 0.2) is 0 Å². The van der Waals surface area contributed by atoms with Crippen LogP contribution in [0.25, 0.3) is 0 Å². The van der Waals surface area contributed by atoms with Crippen molar-refractivity contribution < 1.29 is 4.79 Å². The molecule has 0 aliphatic rings.